The molecule has 0 amide bonds. The Bertz CT molecular complexity index is 869. The lowest BCUT2D eigenvalue weighted by molar-refractivity contribution is 0.757. The third-order valence-corrected chi connectivity index (χ3v) is 3.57. The zero-order valence-corrected chi connectivity index (χ0v) is 10.7. The van der Waals surface area contributed by atoms with E-state index < -0.39 is 0 Å². The first-order valence-electron chi connectivity index (χ1n) is 6.49. The number of pyridine rings is 1. The molecule has 0 spiro atoms. The van der Waals surface area contributed by atoms with Crippen LogP contribution >= 0.6 is 0 Å². The average Bonchev–Trinajstić information content (AvgIpc) is 2.96. The molecule has 0 atom stereocenters. The van der Waals surface area contributed by atoms with Crippen molar-refractivity contribution in [3.8, 4) is 11.4 Å². The second-order valence-electron chi connectivity index (χ2n) is 4.85. The molecule has 0 aliphatic carbocycles. The van der Waals surface area contributed by atoms with E-state index in [4.69, 9.17) is 0 Å². The number of rotatable bonds is 1. The van der Waals surface area contributed by atoms with Crippen molar-refractivity contribution in [1.82, 2.24) is 20.3 Å². The summed E-state index contributed by atoms with van der Waals surface area (Å²) in [6.45, 7) is 1.25. The summed E-state index contributed by atoms with van der Waals surface area (Å²) in [4.78, 5) is 23.7. The molecule has 2 N–H and O–H groups in total. The topological polar surface area (TPSA) is 70.7 Å². The van der Waals surface area contributed by atoms with Crippen molar-refractivity contribution in [3.63, 3.8) is 0 Å². The minimum absolute atomic E-state index is 0.0544. The predicted octanol–water partition coefficient (Wildman–Crippen LogP) is 1.59. The lowest BCUT2D eigenvalue weighted by Crippen LogP contribution is -2.15. The molecule has 0 radical (unpaired) electrons. The van der Waals surface area contributed by atoms with E-state index in [1.807, 2.05) is 30.3 Å². The minimum Gasteiger partial charge on any atom is -0.307 e. The van der Waals surface area contributed by atoms with Crippen LogP contribution in [0.4, 0.5) is 0 Å². The first-order chi connectivity index (χ1) is 9.81. The van der Waals surface area contributed by atoms with E-state index in [0.717, 1.165) is 27.7 Å². The Balaban J connectivity index is 1.91. The van der Waals surface area contributed by atoms with Crippen LogP contribution in [0.15, 0.2) is 41.3 Å². The molecule has 5 nitrogen and oxygen atoms in total. The van der Waals surface area contributed by atoms with Crippen molar-refractivity contribution in [2.24, 2.45) is 0 Å². The Morgan fingerprint density at radius 2 is 2.10 bits per heavy atom. The molecule has 0 unspecified atom stereocenters. The molecule has 1 aliphatic heterocycles. The maximum absolute atomic E-state index is 12.0. The van der Waals surface area contributed by atoms with Gasteiger partial charge in [0.1, 0.15) is 5.82 Å². The summed E-state index contributed by atoms with van der Waals surface area (Å²) < 4.78 is 0. The van der Waals surface area contributed by atoms with E-state index in [0.29, 0.717) is 18.9 Å². The van der Waals surface area contributed by atoms with E-state index in [1.165, 1.54) is 0 Å². The van der Waals surface area contributed by atoms with Crippen LogP contribution in [-0.4, -0.2) is 15.0 Å². The minimum atomic E-state index is -0.0544. The van der Waals surface area contributed by atoms with Crippen LogP contribution in [0.25, 0.3) is 22.3 Å². The molecular formula is C15H12N4O. The summed E-state index contributed by atoms with van der Waals surface area (Å²) in [5.41, 5.74) is 3.37. The lowest BCUT2D eigenvalue weighted by atomic mass is 10.1. The fourth-order valence-corrected chi connectivity index (χ4v) is 2.54. The van der Waals surface area contributed by atoms with Crippen LogP contribution in [0.5, 0.6) is 0 Å². The summed E-state index contributed by atoms with van der Waals surface area (Å²) in [5.74, 6) is 0.614. The average molecular weight is 264 g/mol. The maximum Gasteiger partial charge on any atom is 0.255 e. The van der Waals surface area contributed by atoms with E-state index in [-0.39, 0.29) is 5.56 Å². The third-order valence-electron chi connectivity index (χ3n) is 3.57. The molecule has 3 heterocycles. The Morgan fingerprint density at radius 1 is 1.15 bits per heavy atom. The number of nitrogens with zero attached hydrogens (tertiary/aromatic N) is 2. The van der Waals surface area contributed by atoms with Crippen LogP contribution in [0.2, 0.25) is 0 Å². The van der Waals surface area contributed by atoms with Crippen LogP contribution in [0, 0.1) is 0 Å². The Kier molecular flexibility index (Phi) is 2.40. The molecule has 0 saturated heterocycles. The van der Waals surface area contributed by atoms with Gasteiger partial charge in [-0.2, -0.15) is 0 Å². The van der Waals surface area contributed by atoms with Gasteiger partial charge < -0.3 is 10.3 Å². The normalized spacial score (nSPS) is 13.6. The molecular weight excluding hydrogens is 252 g/mol. The highest BCUT2D eigenvalue weighted by Gasteiger charge is 2.17. The molecule has 3 aromatic rings. The molecule has 1 aliphatic rings. The van der Waals surface area contributed by atoms with Gasteiger partial charge in [-0.05, 0) is 24.3 Å². The summed E-state index contributed by atoms with van der Waals surface area (Å²) in [7, 11) is 0. The Labute approximate surface area is 114 Å². The van der Waals surface area contributed by atoms with Gasteiger partial charge in [0.05, 0.1) is 16.8 Å². The number of benzene rings is 1. The van der Waals surface area contributed by atoms with Crippen LogP contribution < -0.4 is 10.9 Å². The number of H-pyrrole nitrogens is 1. The fourth-order valence-electron chi connectivity index (χ4n) is 2.54. The van der Waals surface area contributed by atoms with Gasteiger partial charge in [0, 0.05) is 30.2 Å². The fraction of sp³-hybridized carbons (Fsp3) is 0.133. The van der Waals surface area contributed by atoms with E-state index in [9.17, 15) is 4.79 Å². The Hall–Kier alpha value is -2.53. The molecule has 2 aromatic heterocycles. The monoisotopic (exact) mass is 264 g/mol. The maximum atomic E-state index is 12.0. The molecule has 0 bridgehead atoms. The molecule has 4 rings (SSSR count). The number of aromatic nitrogens is 3. The smallest absolute Gasteiger partial charge is 0.255 e. The second-order valence-corrected chi connectivity index (χ2v) is 4.85. The van der Waals surface area contributed by atoms with Crippen molar-refractivity contribution in [1.29, 1.82) is 0 Å². The van der Waals surface area contributed by atoms with Crippen molar-refractivity contribution in [2.75, 3.05) is 0 Å². The van der Waals surface area contributed by atoms with E-state index in [2.05, 4.69) is 20.3 Å². The highest BCUT2D eigenvalue weighted by Crippen LogP contribution is 2.21. The SMILES string of the molecule is O=c1[nH]c(-c2ccc3ncccc3c2)nc2c1CNC2. The number of nitrogens with one attached hydrogen (secondary N) is 2. The van der Waals surface area contributed by atoms with Gasteiger partial charge in [-0.25, -0.2) is 4.98 Å². The summed E-state index contributed by atoms with van der Waals surface area (Å²) in [6.07, 6.45) is 1.77. The zero-order valence-electron chi connectivity index (χ0n) is 10.7. The molecule has 98 valence electrons. The van der Waals surface area contributed by atoms with E-state index >= 15 is 0 Å². The molecule has 5 heteroatoms. The largest absolute Gasteiger partial charge is 0.307 e. The number of fused-ring (bicyclic) bond motifs is 2. The van der Waals surface area contributed by atoms with Crippen molar-refractivity contribution in [3.05, 3.63) is 58.1 Å². The van der Waals surface area contributed by atoms with Crippen LogP contribution in [0.1, 0.15) is 11.3 Å². The third kappa shape index (κ3) is 1.71. The summed E-state index contributed by atoms with van der Waals surface area (Å²) in [5, 5.41) is 4.18. The highest BCUT2D eigenvalue weighted by atomic mass is 16.1. The zero-order chi connectivity index (χ0) is 13.5. The molecule has 0 fully saturated rings. The van der Waals surface area contributed by atoms with Crippen molar-refractivity contribution < 1.29 is 0 Å². The quantitative estimate of drug-likeness (QED) is 0.700. The van der Waals surface area contributed by atoms with Crippen molar-refractivity contribution in [2.45, 2.75) is 13.1 Å². The molecule has 0 saturated carbocycles. The molecule has 1 aromatic carbocycles. The van der Waals surface area contributed by atoms with Gasteiger partial charge in [-0.3, -0.25) is 9.78 Å². The first kappa shape index (κ1) is 11.3. The van der Waals surface area contributed by atoms with Crippen LogP contribution in [-0.2, 0) is 13.1 Å². The number of hydrogen-bond donors (Lipinski definition) is 2. The molecule has 20 heavy (non-hydrogen) atoms. The van der Waals surface area contributed by atoms with E-state index in [1.54, 1.807) is 6.20 Å². The number of hydrogen-bond acceptors (Lipinski definition) is 4. The van der Waals surface area contributed by atoms with Gasteiger partial charge in [0.25, 0.3) is 5.56 Å². The van der Waals surface area contributed by atoms with Gasteiger partial charge in [-0.15, -0.1) is 0 Å². The van der Waals surface area contributed by atoms with Gasteiger partial charge in [0.15, 0.2) is 0 Å². The highest BCUT2D eigenvalue weighted by molar-refractivity contribution is 5.83. The Morgan fingerprint density at radius 3 is 3.05 bits per heavy atom. The van der Waals surface area contributed by atoms with Gasteiger partial charge in [0.2, 0.25) is 0 Å². The van der Waals surface area contributed by atoms with Gasteiger partial charge >= 0.3 is 0 Å². The van der Waals surface area contributed by atoms with Crippen molar-refractivity contribution >= 4 is 10.9 Å². The summed E-state index contributed by atoms with van der Waals surface area (Å²) in [6, 6.07) is 9.77. The number of aromatic amines is 1. The standard InChI is InChI=1S/C15H12N4O/c20-15-11-7-16-8-13(11)18-14(19-15)10-3-4-12-9(6-10)2-1-5-17-12/h1-6,16H,7-8H2,(H,18,19,20). The van der Waals surface area contributed by atoms with Crippen LogP contribution in [0.3, 0.4) is 0 Å². The predicted molar refractivity (Wildman–Crippen MR) is 76.1 cm³/mol. The second kappa shape index (κ2) is 4.25. The summed E-state index contributed by atoms with van der Waals surface area (Å²) >= 11 is 0. The lowest BCUT2D eigenvalue weighted by Gasteiger charge is -2.05. The first-order valence-corrected chi connectivity index (χ1v) is 6.49. The van der Waals surface area contributed by atoms with Gasteiger partial charge in [-0.1, -0.05) is 6.07 Å².